The van der Waals surface area contributed by atoms with Gasteiger partial charge in [-0.15, -0.1) is 0 Å². The normalized spacial score (nSPS) is 10.6. The molecule has 8 nitrogen and oxygen atoms in total. The van der Waals surface area contributed by atoms with Crippen LogP contribution in [0.15, 0.2) is 74.9 Å². The number of furan rings is 1. The molecule has 2 N–H and O–H groups in total. The number of hydrogen-bond acceptors (Lipinski definition) is 6. The highest BCUT2D eigenvalue weighted by atomic mass is 79.9. The zero-order chi connectivity index (χ0) is 22.2. The Kier molecular flexibility index (Phi) is 7.28. The number of nitrogens with one attached hydrogen (secondary N) is 2. The summed E-state index contributed by atoms with van der Waals surface area (Å²) in [6, 6.07) is 13.0. The van der Waals surface area contributed by atoms with Crippen LogP contribution >= 0.6 is 15.9 Å². The van der Waals surface area contributed by atoms with Crippen LogP contribution in [0.1, 0.15) is 26.5 Å². The molecule has 0 fully saturated rings. The van der Waals surface area contributed by atoms with Gasteiger partial charge in [0.15, 0.2) is 0 Å². The quantitative estimate of drug-likeness (QED) is 0.230. The first kappa shape index (κ1) is 21.9. The molecule has 0 bridgehead atoms. The number of rotatable bonds is 7. The topological polar surface area (TPSA) is 110 Å². The number of benzene rings is 2. The Morgan fingerprint density at radius 2 is 1.97 bits per heavy atom. The first-order valence-corrected chi connectivity index (χ1v) is 9.62. The van der Waals surface area contributed by atoms with Crippen molar-refractivity contribution in [2.45, 2.75) is 0 Å². The average molecular weight is 488 g/mol. The van der Waals surface area contributed by atoms with E-state index in [1.165, 1.54) is 36.7 Å². The molecule has 0 aliphatic rings. The number of esters is 1. The molecule has 10 heteroatoms. The first-order valence-electron chi connectivity index (χ1n) is 8.83. The van der Waals surface area contributed by atoms with Crippen LogP contribution in [0.2, 0.25) is 0 Å². The monoisotopic (exact) mass is 487 g/mol. The van der Waals surface area contributed by atoms with Crippen molar-refractivity contribution in [2.75, 3.05) is 6.54 Å². The second-order valence-corrected chi connectivity index (χ2v) is 6.95. The van der Waals surface area contributed by atoms with E-state index in [0.717, 1.165) is 6.07 Å². The van der Waals surface area contributed by atoms with Gasteiger partial charge in [0, 0.05) is 15.6 Å². The Bertz CT molecular complexity index is 1130. The fourth-order valence-electron chi connectivity index (χ4n) is 2.36. The number of carbonyl (C=O) groups excluding carboxylic acids is 3. The molecule has 0 saturated heterocycles. The molecule has 31 heavy (non-hydrogen) atoms. The van der Waals surface area contributed by atoms with Crippen LogP contribution in [0.25, 0.3) is 0 Å². The largest absolute Gasteiger partial charge is 0.457 e. The highest BCUT2D eigenvalue weighted by molar-refractivity contribution is 9.10. The fourth-order valence-corrected chi connectivity index (χ4v) is 2.74. The van der Waals surface area contributed by atoms with Crippen LogP contribution in [0, 0.1) is 5.82 Å². The summed E-state index contributed by atoms with van der Waals surface area (Å²) in [6.07, 6.45) is 2.63. The van der Waals surface area contributed by atoms with Crippen LogP contribution in [0.3, 0.4) is 0 Å². The van der Waals surface area contributed by atoms with Gasteiger partial charge in [-0.2, -0.15) is 5.10 Å². The van der Waals surface area contributed by atoms with E-state index >= 15 is 0 Å². The maximum Gasteiger partial charge on any atom is 0.379 e. The molecule has 0 atom stereocenters. The minimum atomic E-state index is -0.689. The predicted octanol–water partition coefficient (Wildman–Crippen LogP) is 3.28. The summed E-state index contributed by atoms with van der Waals surface area (Å²) >= 11 is 3.31. The van der Waals surface area contributed by atoms with Crippen molar-refractivity contribution in [3.63, 3.8) is 0 Å². The smallest absolute Gasteiger partial charge is 0.379 e. The molecule has 2 aromatic carbocycles. The minimum absolute atomic E-state index is 0.0353. The molecule has 0 spiro atoms. The Hall–Kier alpha value is -3.79. The van der Waals surface area contributed by atoms with Crippen molar-refractivity contribution < 1.29 is 27.9 Å². The van der Waals surface area contributed by atoms with Gasteiger partial charge in [-0.1, -0.05) is 22.0 Å². The van der Waals surface area contributed by atoms with Crippen molar-refractivity contribution >= 4 is 39.9 Å². The molecule has 0 aliphatic carbocycles. The second kappa shape index (κ2) is 10.3. The maximum absolute atomic E-state index is 13.2. The van der Waals surface area contributed by atoms with Crippen molar-refractivity contribution in [3.05, 3.63) is 88.0 Å². The van der Waals surface area contributed by atoms with Crippen molar-refractivity contribution in [3.8, 4) is 5.75 Å². The first-order chi connectivity index (χ1) is 14.9. The molecule has 1 aromatic heterocycles. The second-order valence-electron chi connectivity index (χ2n) is 6.04. The van der Waals surface area contributed by atoms with E-state index in [1.54, 1.807) is 24.3 Å². The molecule has 2 amide bonds. The van der Waals surface area contributed by atoms with Gasteiger partial charge in [-0.3, -0.25) is 9.59 Å². The molecule has 3 rings (SSSR count). The molecule has 0 aliphatic heterocycles. The third-order valence-corrected chi connectivity index (χ3v) is 4.28. The number of hydrogen-bond donors (Lipinski definition) is 2. The number of ether oxygens (including phenoxy) is 1. The molecule has 0 radical (unpaired) electrons. The average Bonchev–Trinajstić information content (AvgIpc) is 3.29. The SMILES string of the molecule is O=C(CNC(=O)c1cccc(F)c1)NN=Cc1cc(Br)ccc1OC(=O)c1ccco1. The van der Waals surface area contributed by atoms with Gasteiger partial charge in [-0.05, 0) is 48.5 Å². The lowest BCUT2D eigenvalue weighted by molar-refractivity contribution is -0.120. The van der Waals surface area contributed by atoms with Gasteiger partial charge in [0.25, 0.3) is 11.8 Å². The summed E-state index contributed by atoms with van der Waals surface area (Å²) in [5.74, 6) is -2.22. The van der Waals surface area contributed by atoms with E-state index in [4.69, 9.17) is 9.15 Å². The van der Waals surface area contributed by atoms with Crippen molar-refractivity contribution in [1.29, 1.82) is 0 Å². The number of nitrogens with zero attached hydrogens (tertiary/aromatic N) is 1. The third-order valence-electron chi connectivity index (χ3n) is 3.79. The maximum atomic E-state index is 13.2. The molecular weight excluding hydrogens is 473 g/mol. The molecule has 0 unspecified atom stereocenters. The van der Waals surface area contributed by atoms with Crippen LogP contribution in [0.4, 0.5) is 4.39 Å². The standard InChI is InChI=1S/C21H15BrFN3O5/c22-15-6-7-17(31-21(29)18-5-2-8-30-18)14(9-15)11-25-26-19(27)12-24-20(28)13-3-1-4-16(23)10-13/h1-11H,12H2,(H,24,28)(H,26,27). The molecular formula is C21H15BrFN3O5. The van der Waals surface area contributed by atoms with Crippen LogP contribution in [0.5, 0.6) is 5.75 Å². The van der Waals surface area contributed by atoms with Crippen LogP contribution in [-0.2, 0) is 4.79 Å². The summed E-state index contributed by atoms with van der Waals surface area (Å²) in [6.45, 7) is -0.370. The Morgan fingerprint density at radius 3 is 2.71 bits per heavy atom. The highest BCUT2D eigenvalue weighted by Gasteiger charge is 2.14. The van der Waals surface area contributed by atoms with E-state index in [1.807, 2.05) is 0 Å². The fraction of sp³-hybridized carbons (Fsp3) is 0.0476. The van der Waals surface area contributed by atoms with Gasteiger partial charge in [-0.25, -0.2) is 14.6 Å². The van der Waals surface area contributed by atoms with Crippen LogP contribution in [-0.4, -0.2) is 30.5 Å². The molecule has 3 aromatic rings. The van der Waals surface area contributed by atoms with E-state index < -0.39 is 23.6 Å². The van der Waals surface area contributed by atoms with E-state index in [-0.39, 0.29) is 23.6 Å². The Labute approximate surface area is 184 Å². The summed E-state index contributed by atoms with van der Waals surface area (Å²) in [7, 11) is 0. The highest BCUT2D eigenvalue weighted by Crippen LogP contribution is 2.23. The molecule has 158 valence electrons. The van der Waals surface area contributed by atoms with Gasteiger partial charge < -0.3 is 14.5 Å². The third kappa shape index (κ3) is 6.34. The zero-order valence-corrected chi connectivity index (χ0v) is 17.4. The lowest BCUT2D eigenvalue weighted by atomic mass is 10.2. The summed E-state index contributed by atoms with van der Waals surface area (Å²) in [5, 5.41) is 6.16. The van der Waals surface area contributed by atoms with Crippen molar-refractivity contribution in [2.24, 2.45) is 5.10 Å². The summed E-state index contributed by atoms with van der Waals surface area (Å²) in [5.41, 5.74) is 2.74. The zero-order valence-electron chi connectivity index (χ0n) is 15.8. The number of amides is 2. The summed E-state index contributed by atoms with van der Waals surface area (Å²) < 4.78 is 24.1. The van der Waals surface area contributed by atoms with Crippen molar-refractivity contribution in [1.82, 2.24) is 10.7 Å². The van der Waals surface area contributed by atoms with Gasteiger partial charge in [0.2, 0.25) is 5.76 Å². The summed E-state index contributed by atoms with van der Waals surface area (Å²) in [4.78, 5) is 35.9. The predicted molar refractivity (Wildman–Crippen MR) is 112 cm³/mol. The van der Waals surface area contributed by atoms with Gasteiger partial charge >= 0.3 is 5.97 Å². The number of carbonyl (C=O) groups is 3. The minimum Gasteiger partial charge on any atom is -0.457 e. The van der Waals surface area contributed by atoms with Gasteiger partial charge in [0.1, 0.15) is 11.6 Å². The number of hydrazone groups is 1. The number of halogens is 2. The molecule has 0 saturated carbocycles. The molecule has 1 heterocycles. The Balaban J connectivity index is 1.57. The lowest BCUT2D eigenvalue weighted by Crippen LogP contribution is -2.34. The van der Waals surface area contributed by atoms with Gasteiger partial charge in [0.05, 0.1) is 19.0 Å². The van der Waals surface area contributed by atoms with E-state index in [2.05, 4.69) is 31.8 Å². The van der Waals surface area contributed by atoms with E-state index in [0.29, 0.717) is 10.0 Å². The van der Waals surface area contributed by atoms with E-state index in [9.17, 15) is 18.8 Å². The lowest BCUT2D eigenvalue weighted by Gasteiger charge is -2.07. The van der Waals surface area contributed by atoms with Crippen LogP contribution < -0.4 is 15.5 Å². The Morgan fingerprint density at radius 1 is 1.13 bits per heavy atom.